The largest absolute Gasteiger partial charge is 0.197 e. The molecular weight excluding hydrogens is 218 g/mol. The second kappa shape index (κ2) is 5.87. The zero-order chi connectivity index (χ0) is 12.8. The van der Waals surface area contributed by atoms with Crippen LogP contribution in [-0.4, -0.2) is 0 Å². The first-order valence-corrected chi connectivity index (χ1v) is 6.93. The van der Waals surface area contributed by atoms with Gasteiger partial charge in [-0.15, -0.1) is 6.58 Å². The lowest BCUT2D eigenvalue weighted by molar-refractivity contribution is 0.466. The predicted octanol–water partition coefficient (Wildman–Crippen LogP) is 4.53. The van der Waals surface area contributed by atoms with Gasteiger partial charge in [-0.05, 0) is 43.2 Å². The zero-order valence-electron chi connectivity index (χ0n) is 11.0. The van der Waals surface area contributed by atoms with Gasteiger partial charge >= 0.3 is 0 Å². The van der Waals surface area contributed by atoms with Crippen molar-refractivity contribution in [2.24, 2.45) is 0 Å². The first kappa shape index (κ1) is 12.9. The summed E-state index contributed by atoms with van der Waals surface area (Å²) in [6.45, 7) is 3.74. The minimum absolute atomic E-state index is 0.204. The number of nitrogens with zero attached hydrogens (tertiary/aromatic N) is 1. The van der Waals surface area contributed by atoms with Gasteiger partial charge in [-0.3, -0.25) is 0 Å². The molecule has 0 radical (unpaired) electrons. The first-order chi connectivity index (χ1) is 8.82. The summed E-state index contributed by atoms with van der Waals surface area (Å²) in [4.78, 5) is 0. The lowest BCUT2D eigenvalue weighted by atomic mass is 9.79. The van der Waals surface area contributed by atoms with E-state index in [2.05, 4.69) is 36.9 Å². The fraction of sp³-hybridized carbons (Fsp3) is 0.471. The molecule has 0 saturated carbocycles. The fourth-order valence-electron chi connectivity index (χ4n) is 3.01. The van der Waals surface area contributed by atoms with Crippen LogP contribution in [0.2, 0.25) is 0 Å². The van der Waals surface area contributed by atoms with Gasteiger partial charge in [-0.2, -0.15) is 5.26 Å². The van der Waals surface area contributed by atoms with Crippen molar-refractivity contribution < 1.29 is 0 Å². The van der Waals surface area contributed by atoms with Crippen molar-refractivity contribution in [1.82, 2.24) is 0 Å². The van der Waals surface area contributed by atoms with Crippen molar-refractivity contribution in [3.63, 3.8) is 0 Å². The molecule has 0 heterocycles. The molecule has 0 bridgehead atoms. The molecule has 1 atom stereocenters. The summed E-state index contributed by atoms with van der Waals surface area (Å²) in [6, 6.07) is 11.1. The van der Waals surface area contributed by atoms with Crippen LogP contribution in [0.5, 0.6) is 0 Å². The Morgan fingerprint density at radius 2 is 2.11 bits per heavy atom. The van der Waals surface area contributed by atoms with Crippen molar-refractivity contribution >= 4 is 0 Å². The van der Waals surface area contributed by atoms with E-state index in [1.54, 1.807) is 0 Å². The maximum Gasteiger partial charge on any atom is 0.0828 e. The van der Waals surface area contributed by atoms with E-state index < -0.39 is 0 Å². The SMILES string of the molecule is C=CCCCCCC1(C#N)CCc2ccccc21. The van der Waals surface area contributed by atoms with Crippen molar-refractivity contribution in [3.05, 3.63) is 48.0 Å². The molecule has 0 amide bonds. The van der Waals surface area contributed by atoms with Gasteiger partial charge in [0.25, 0.3) is 0 Å². The van der Waals surface area contributed by atoms with E-state index in [0.717, 1.165) is 32.1 Å². The van der Waals surface area contributed by atoms with Crippen LogP contribution in [0.1, 0.15) is 49.7 Å². The maximum absolute atomic E-state index is 9.60. The van der Waals surface area contributed by atoms with Gasteiger partial charge in [0.15, 0.2) is 0 Å². The number of hydrogen-bond acceptors (Lipinski definition) is 1. The highest BCUT2D eigenvalue weighted by Crippen LogP contribution is 2.42. The summed E-state index contributed by atoms with van der Waals surface area (Å²) in [5, 5.41) is 9.60. The minimum atomic E-state index is -0.204. The third-order valence-electron chi connectivity index (χ3n) is 4.08. The second-order valence-corrected chi connectivity index (χ2v) is 5.24. The topological polar surface area (TPSA) is 23.8 Å². The molecule has 18 heavy (non-hydrogen) atoms. The molecule has 0 spiro atoms. The van der Waals surface area contributed by atoms with E-state index >= 15 is 0 Å². The molecule has 1 unspecified atom stereocenters. The number of aryl methyl sites for hydroxylation is 1. The van der Waals surface area contributed by atoms with Crippen LogP contribution in [-0.2, 0) is 11.8 Å². The van der Waals surface area contributed by atoms with Crippen molar-refractivity contribution in [3.8, 4) is 6.07 Å². The van der Waals surface area contributed by atoms with Crippen LogP contribution < -0.4 is 0 Å². The fourth-order valence-corrected chi connectivity index (χ4v) is 3.01. The summed E-state index contributed by atoms with van der Waals surface area (Å²) in [5.41, 5.74) is 2.46. The molecule has 1 heteroatoms. The Labute approximate surface area is 110 Å². The molecule has 1 aromatic rings. The molecule has 2 rings (SSSR count). The number of benzene rings is 1. The van der Waals surface area contributed by atoms with Crippen molar-refractivity contribution in [2.45, 2.75) is 50.4 Å². The van der Waals surface area contributed by atoms with E-state index in [4.69, 9.17) is 0 Å². The lowest BCUT2D eigenvalue weighted by Gasteiger charge is -2.22. The molecule has 1 aliphatic rings. The quantitative estimate of drug-likeness (QED) is 0.528. The Morgan fingerprint density at radius 1 is 1.28 bits per heavy atom. The van der Waals surface area contributed by atoms with Gasteiger partial charge in [0.1, 0.15) is 0 Å². The van der Waals surface area contributed by atoms with E-state index in [1.807, 2.05) is 6.08 Å². The maximum atomic E-state index is 9.60. The number of hydrogen-bond donors (Lipinski definition) is 0. The number of rotatable bonds is 6. The van der Waals surface area contributed by atoms with Crippen LogP contribution in [0, 0.1) is 11.3 Å². The number of unbranched alkanes of at least 4 members (excludes halogenated alkanes) is 3. The molecule has 1 aromatic carbocycles. The number of allylic oxidation sites excluding steroid dienone is 1. The molecule has 94 valence electrons. The molecule has 0 aliphatic heterocycles. The van der Waals surface area contributed by atoms with Gasteiger partial charge in [-0.25, -0.2) is 0 Å². The van der Waals surface area contributed by atoms with Crippen LogP contribution in [0.15, 0.2) is 36.9 Å². The predicted molar refractivity (Wildman–Crippen MR) is 75.3 cm³/mol. The normalized spacial score (nSPS) is 21.3. The second-order valence-electron chi connectivity index (χ2n) is 5.24. The Bertz CT molecular complexity index is 455. The highest BCUT2D eigenvalue weighted by atomic mass is 14.4. The van der Waals surface area contributed by atoms with Gasteiger partial charge in [0.05, 0.1) is 11.5 Å². The summed E-state index contributed by atoms with van der Waals surface area (Å²) in [7, 11) is 0. The summed E-state index contributed by atoms with van der Waals surface area (Å²) >= 11 is 0. The third kappa shape index (κ3) is 2.48. The Balaban J connectivity index is 2.01. The van der Waals surface area contributed by atoms with Crippen molar-refractivity contribution in [2.75, 3.05) is 0 Å². The van der Waals surface area contributed by atoms with E-state index in [-0.39, 0.29) is 5.41 Å². The van der Waals surface area contributed by atoms with Crippen LogP contribution in [0.3, 0.4) is 0 Å². The first-order valence-electron chi connectivity index (χ1n) is 6.93. The third-order valence-corrected chi connectivity index (χ3v) is 4.08. The Morgan fingerprint density at radius 3 is 2.89 bits per heavy atom. The molecule has 1 nitrogen and oxygen atoms in total. The molecule has 1 aliphatic carbocycles. The highest BCUT2D eigenvalue weighted by molar-refractivity contribution is 5.43. The van der Waals surface area contributed by atoms with Gasteiger partial charge in [-0.1, -0.05) is 43.2 Å². The smallest absolute Gasteiger partial charge is 0.0828 e. The van der Waals surface area contributed by atoms with Gasteiger partial charge < -0.3 is 0 Å². The number of fused-ring (bicyclic) bond motifs is 1. The average molecular weight is 239 g/mol. The van der Waals surface area contributed by atoms with Crippen molar-refractivity contribution in [1.29, 1.82) is 5.26 Å². The zero-order valence-corrected chi connectivity index (χ0v) is 11.0. The molecule has 0 saturated heterocycles. The Hall–Kier alpha value is -1.55. The summed E-state index contributed by atoms with van der Waals surface area (Å²) in [5.74, 6) is 0. The lowest BCUT2D eigenvalue weighted by Crippen LogP contribution is -2.20. The number of nitriles is 1. The average Bonchev–Trinajstić information content (AvgIpc) is 2.79. The van der Waals surface area contributed by atoms with Crippen LogP contribution >= 0.6 is 0 Å². The molecule has 0 fully saturated rings. The molecular formula is C17H21N. The van der Waals surface area contributed by atoms with Crippen LogP contribution in [0.4, 0.5) is 0 Å². The molecule has 0 aromatic heterocycles. The van der Waals surface area contributed by atoms with E-state index in [0.29, 0.717) is 0 Å². The van der Waals surface area contributed by atoms with Gasteiger partial charge in [0, 0.05) is 0 Å². The minimum Gasteiger partial charge on any atom is -0.197 e. The standard InChI is InChI=1S/C17H21N/c1-2-3-4-5-8-12-17(14-18)13-11-15-9-6-7-10-16(15)17/h2,6-7,9-10H,1,3-5,8,11-13H2. The summed E-state index contributed by atoms with van der Waals surface area (Å²) in [6.07, 6.45) is 9.71. The van der Waals surface area contributed by atoms with E-state index in [1.165, 1.54) is 24.0 Å². The molecule has 0 N–H and O–H groups in total. The highest BCUT2D eigenvalue weighted by Gasteiger charge is 2.37. The monoisotopic (exact) mass is 239 g/mol. The van der Waals surface area contributed by atoms with E-state index in [9.17, 15) is 5.26 Å². The summed E-state index contributed by atoms with van der Waals surface area (Å²) < 4.78 is 0. The Kier molecular flexibility index (Phi) is 4.20. The van der Waals surface area contributed by atoms with Crippen LogP contribution in [0.25, 0.3) is 0 Å². The van der Waals surface area contributed by atoms with Gasteiger partial charge in [0.2, 0.25) is 0 Å².